The largest absolute Gasteiger partial charge is 0.393 e. The number of aliphatic hydroxyl groups excluding tert-OH is 1. The normalized spacial score (nSPS) is 28.2. The second-order valence-electron chi connectivity index (χ2n) is 9.86. The zero-order valence-corrected chi connectivity index (χ0v) is 17.1. The summed E-state index contributed by atoms with van der Waals surface area (Å²) in [5, 5.41) is 10.4. The van der Waals surface area contributed by atoms with Crippen molar-refractivity contribution in [3.8, 4) is 0 Å². The fraction of sp³-hybridized carbons (Fsp3) is 0.696. The molecule has 1 atom stereocenters. The molecule has 0 bridgehead atoms. The maximum Gasteiger partial charge on any atom is 0.233 e. The van der Waals surface area contributed by atoms with Gasteiger partial charge in [-0.2, -0.15) is 0 Å². The van der Waals surface area contributed by atoms with Crippen LogP contribution in [0.4, 0.5) is 5.69 Å². The molecule has 1 saturated carbocycles. The number of nitrogens with zero attached hydrogens (tertiary/aromatic N) is 1. The number of amides is 1. The van der Waals surface area contributed by atoms with Crippen LogP contribution < -0.4 is 4.90 Å². The van der Waals surface area contributed by atoms with Crippen LogP contribution in [0.25, 0.3) is 0 Å². The second kappa shape index (κ2) is 6.99. The lowest BCUT2D eigenvalue weighted by molar-refractivity contribution is -0.128. The van der Waals surface area contributed by atoms with Gasteiger partial charge in [0.05, 0.1) is 11.5 Å². The predicted molar refractivity (Wildman–Crippen MR) is 107 cm³/mol. The highest BCUT2D eigenvalue weighted by atomic mass is 16.3. The molecule has 26 heavy (non-hydrogen) atoms. The number of carbonyl (C=O) groups excluding carboxylic acids is 1. The van der Waals surface area contributed by atoms with E-state index in [1.165, 1.54) is 5.56 Å². The first-order valence-electron chi connectivity index (χ1n) is 10.2. The molecule has 1 aliphatic heterocycles. The average Bonchev–Trinajstić information content (AvgIpc) is 2.91. The minimum Gasteiger partial charge on any atom is -0.393 e. The molecule has 1 amide bonds. The lowest BCUT2D eigenvalue weighted by atomic mass is 9.67. The van der Waals surface area contributed by atoms with Gasteiger partial charge in [-0.25, -0.2) is 0 Å². The van der Waals surface area contributed by atoms with E-state index in [0.29, 0.717) is 17.7 Å². The van der Waals surface area contributed by atoms with Crippen LogP contribution in [-0.2, 0) is 10.2 Å². The van der Waals surface area contributed by atoms with Crippen molar-refractivity contribution in [2.24, 2.45) is 17.3 Å². The van der Waals surface area contributed by atoms with Crippen LogP contribution in [0, 0.1) is 17.3 Å². The fourth-order valence-corrected chi connectivity index (χ4v) is 4.75. The van der Waals surface area contributed by atoms with E-state index >= 15 is 0 Å². The molecule has 3 heteroatoms. The van der Waals surface area contributed by atoms with Gasteiger partial charge in [-0.05, 0) is 67.1 Å². The molecule has 2 aliphatic rings. The van der Waals surface area contributed by atoms with E-state index in [9.17, 15) is 9.90 Å². The van der Waals surface area contributed by atoms with E-state index in [0.717, 1.165) is 44.3 Å². The van der Waals surface area contributed by atoms with Crippen molar-refractivity contribution in [1.82, 2.24) is 0 Å². The Morgan fingerprint density at radius 3 is 2.15 bits per heavy atom. The Hall–Kier alpha value is -1.35. The molecule has 3 rings (SSSR count). The smallest absolute Gasteiger partial charge is 0.233 e. The Kier molecular flexibility index (Phi) is 5.22. The van der Waals surface area contributed by atoms with Crippen LogP contribution in [0.15, 0.2) is 24.3 Å². The Labute approximate surface area is 158 Å². The third kappa shape index (κ3) is 3.55. The second-order valence-corrected chi connectivity index (χ2v) is 9.86. The van der Waals surface area contributed by atoms with Gasteiger partial charge in [0.15, 0.2) is 0 Å². The third-order valence-electron chi connectivity index (χ3n) is 6.71. The minimum absolute atomic E-state index is 0.129. The van der Waals surface area contributed by atoms with Gasteiger partial charge in [0.1, 0.15) is 0 Å². The molecule has 1 saturated heterocycles. The summed E-state index contributed by atoms with van der Waals surface area (Å²) >= 11 is 0. The van der Waals surface area contributed by atoms with Gasteiger partial charge in [-0.1, -0.05) is 46.8 Å². The van der Waals surface area contributed by atoms with Gasteiger partial charge in [-0.15, -0.1) is 0 Å². The van der Waals surface area contributed by atoms with Crippen molar-refractivity contribution in [3.05, 3.63) is 29.8 Å². The van der Waals surface area contributed by atoms with Crippen LogP contribution in [0.5, 0.6) is 0 Å². The van der Waals surface area contributed by atoms with Crippen molar-refractivity contribution in [2.75, 3.05) is 11.4 Å². The molecule has 1 heterocycles. The first-order chi connectivity index (χ1) is 12.1. The van der Waals surface area contributed by atoms with Gasteiger partial charge in [0, 0.05) is 12.2 Å². The van der Waals surface area contributed by atoms with E-state index < -0.39 is 0 Å². The number of benzene rings is 1. The van der Waals surface area contributed by atoms with Crippen LogP contribution in [-0.4, -0.2) is 23.7 Å². The Morgan fingerprint density at radius 2 is 1.65 bits per heavy atom. The molecule has 0 radical (unpaired) electrons. The number of anilines is 1. The highest BCUT2D eigenvalue weighted by molar-refractivity contribution is 6.00. The summed E-state index contributed by atoms with van der Waals surface area (Å²) in [6.07, 6.45) is 4.53. The summed E-state index contributed by atoms with van der Waals surface area (Å²) in [5.74, 6) is 0.957. The van der Waals surface area contributed by atoms with Crippen molar-refractivity contribution in [3.63, 3.8) is 0 Å². The lowest BCUT2D eigenvalue weighted by Gasteiger charge is -2.38. The summed E-state index contributed by atoms with van der Waals surface area (Å²) in [5.41, 5.74) is 2.27. The zero-order chi connectivity index (χ0) is 19.1. The van der Waals surface area contributed by atoms with Gasteiger partial charge in [-0.3, -0.25) is 4.79 Å². The van der Waals surface area contributed by atoms with Crippen LogP contribution in [0.2, 0.25) is 0 Å². The molecule has 0 aromatic heterocycles. The molecule has 2 fully saturated rings. The summed E-state index contributed by atoms with van der Waals surface area (Å²) in [7, 11) is 0. The molecule has 3 nitrogen and oxygen atoms in total. The van der Waals surface area contributed by atoms with Crippen molar-refractivity contribution in [2.45, 2.75) is 78.2 Å². The van der Waals surface area contributed by atoms with Crippen LogP contribution >= 0.6 is 0 Å². The van der Waals surface area contributed by atoms with Crippen LogP contribution in [0.1, 0.15) is 72.3 Å². The molecule has 144 valence electrons. The lowest BCUT2D eigenvalue weighted by Crippen LogP contribution is -2.40. The minimum atomic E-state index is -0.232. The maximum absolute atomic E-state index is 13.2. The number of rotatable bonds is 3. The van der Waals surface area contributed by atoms with Crippen molar-refractivity contribution >= 4 is 11.6 Å². The molecule has 1 N–H and O–H groups in total. The zero-order valence-electron chi connectivity index (χ0n) is 17.1. The Bertz CT molecular complexity index is 633. The van der Waals surface area contributed by atoms with Crippen molar-refractivity contribution < 1.29 is 9.90 Å². The number of aliphatic hydroxyl groups is 1. The molecule has 1 aromatic rings. The van der Waals surface area contributed by atoms with E-state index in [4.69, 9.17) is 0 Å². The molecule has 1 aromatic carbocycles. The van der Waals surface area contributed by atoms with Gasteiger partial charge in [0.25, 0.3) is 0 Å². The number of hydrogen-bond acceptors (Lipinski definition) is 2. The fourth-order valence-electron chi connectivity index (χ4n) is 4.75. The quantitative estimate of drug-likeness (QED) is 0.834. The molecule has 1 spiro atoms. The number of hydrogen-bond donors (Lipinski definition) is 1. The monoisotopic (exact) mass is 357 g/mol. The topological polar surface area (TPSA) is 40.5 Å². The van der Waals surface area contributed by atoms with E-state index in [1.54, 1.807) is 0 Å². The van der Waals surface area contributed by atoms with Gasteiger partial charge in [0.2, 0.25) is 5.91 Å². The SMILES string of the molecule is CC(C)C(O)C1CCC2(CC1)CCN(c1ccc(C(C)(C)C)cc1)C2=O. The Morgan fingerprint density at radius 1 is 1.08 bits per heavy atom. The van der Waals surface area contributed by atoms with Gasteiger partial charge >= 0.3 is 0 Å². The van der Waals surface area contributed by atoms with Crippen molar-refractivity contribution in [1.29, 1.82) is 0 Å². The first-order valence-corrected chi connectivity index (χ1v) is 10.2. The summed E-state index contributed by atoms with van der Waals surface area (Å²) in [6.45, 7) is 11.6. The summed E-state index contributed by atoms with van der Waals surface area (Å²) in [6, 6.07) is 8.52. The van der Waals surface area contributed by atoms with E-state index in [2.05, 4.69) is 58.9 Å². The highest BCUT2D eigenvalue weighted by Gasteiger charge is 2.49. The summed E-state index contributed by atoms with van der Waals surface area (Å²) < 4.78 is 0. The first kappa shape index (κ1) is 19.4. The Balaban J connectivity index is 1.69. The van der Waals surface area contributed by atoms with Crippen LogP contribution in [0.3, 0.4) is 0 Å². The standard InChI is InChI=1S/C23H35NO2/c1-16(2)20(25)17-10-12-23(13-11-17)14-15-24(21(23)26)19-8-6-18(7-9-19)22(3,4)5/h6-9,16-17,20,25H,10-15H2,1-5H3. The summed E-state index contributed by atoms with van der Waals surface area (Å²) in [4.78, 5) is 15.2. The molecular formula is C23H35NO2. The highest BCUT2D eigenvalue weighted by Crippen LogP contribution is 2.48. The van der Waals surface area contributed by atoms with Gasteiger partial charge < -0.3 is 10.0 Å². The number of carbonyl (C=O) groups is 1. The molecule has 1 unspecified atom stereocenters. The molecular weight excluding hydrogens is 322 g/mol. The molecule has 1 aliphatic carbocycles. The predicted octanol–water partition coefficient (Wildman–Crippen LogP) is 4.91. The third-order valence-corrected chi connectivity index (χ3v) is 6.71. The average molecular weight is 358 g/mol. The van der Waals surface area contributed by atoms with E-state index in [-0.39, 0.29) is 16.9 Å². The van der Waals surface area contributed by atoms with E-state index in [1.807, 2.05) is 4.90 Å². The maximum atomic E-state index is 13.2.